The average molecular weight is 382 g/mol. The Morgan fingerprint density at radius 1 is 1.22 bits per heavy atom. The molecule has 3 heterocycles. The summed E-state index contributed by atoms with van der Waals surface area (Å²) >= 11 is 1.42. The van der Waals surface area contributed by atoms with E-state index in [0.29, 0.717) is 18.0 Å². The van der Waals surface area contributed by atoms with E-state index in [1.54, 1.807) is 0 Å². The van der Waals surface area contributed by atoms with Gasteiger partial charge < -0.3 is 10.6 Å². The van der Waals surface area contributed by atoms with Gasteiger partial charge in [0.15, 0.2) is 5.13 Å². The smallest absolute Gasteiger partial charge is 0.222 e. The third-order valence-electron chi connectivity index (χ3n) is 5.09. The fraction of sp³-hybridized carbons (Fsp3) is 0.350. The second kappa shape index (κ2) is 7.52. The number of amides is 1. The summed E-state index contributed by atoms with van der Waals surface area (Å²) in [7, 11) is 2.00. The Morgan fingerprint density at radius 2 is 2.00 bits per heavy atom. The molecule has 140 valence electrons. The first-order valence-corrected chi connectivity index (χ1v) is 10.1. The van der Waals surface area contributed by atoms with Gasteiger partial charge >= 0.3 is 0 Å². The van der Waals surface area contributed by atoms with Crippen LogP contribution in [-0.4, -0.2) is 38.7 Å². The van der Waals surface area contributed by atoms with Gasteiger partial charge in [-0.25, -0.2) is 4.98 Å². The van der Waals surface area contributed by atoms with Crippen molar-refractivity contribution in [3.63, 3.8) is 0 Å². The maximum atomic E-state index is 12.7. The normalized spacial score (nSPS) is 14.0. The highest BCUT2D eigenvalue weighted by Crippen LogP contribution is 2.28. The van der Waals surface area contributed by atoms with Crippen LogP contribution >= 0.6 is 11.3 Å². The lowest BCUT2D eigenvalue weighted by atomic mass is 10.0. The van der Waals surface area contributed by atoms with Gasteiger partial charge in [-0.1, -0.05) is 30.3 Å². The van der Waals surface area contributed by atoms with Gasteiger partial charge in [0.25, 0.3) is 0 Å². The average Bonchev–Trinajstić information content (AvgIpc) is 3.15. The van der Waals surface area contributed by atoms with Crippen LogP contribution in [0.15, 0.2) is 35.7 Å². The zero-order valence-electron chi connectivity index (χ0n) is 15.4. The fourth-order valence-corrected chi connectivity index (χ4v) is 4.28. The molecule has 0 aliphatic carbocycles. The van der Waals surface area contributed by atoms with Gasteiger partial charge in [-0.05, 0) is 12.8 Å². The Hall–Kier alpha value is -2.67. The van der Waals surface area contributed by atoms with Crippen molar-refractivity contribution < 1.29 is 4.79 Å². The summed E-state index contributed by atoms with van der Waals surface area (Å²) in [5.74, 6) is 0.184. The first-order chi connectivity index (χ1) is 13.1. The first-order valence-electron chi connectivity index (χ1n) is 9.19. The summed E-state index contributed by atoms with van der Waals surface area (Å²) in [4.78, 5) is 18.9. The molecule has 27 heavy (non-hydrogen) atoms. The summed E-state index contributed by atoms with van der Waals surface area (Å²) in [6, 6.07) is 10.3. The number of aromatic nitrogens is 3. The molecule has 0 saturated heterocycles. The molecule has 6 nitrogen and oxygen atoms in total. The second-order valence-corrected chi connectivity index (χ2v) is 7.71. The van der Waals surface area contributed by atoms with Crippen molar-refractivity contribution in [2.24, 2.45) is 7.05 Å². The van der Waals surface area contributed by atoms with Crippen molar-refractivity contribution in [3.05, 3.63) is 52.7 Å². The number of thiazole rings is 1. The van der Waals surface area contributed by atoms with Crippen LogP contribution in [0.2, 0.25) is 0 Å². The van der Waals surface area contributed by atoms with Crippen LogP contribution in [0.4, 0.5) is 5.13 Å². The maximum absolute atomic E-state index is 12.7. The number of hydrogen-bond acceptors (Lipinski definition) is 5. The Morgan fingerprint density at radius 3 is 2.74 bits per heavy atom. The number of nitrogen functional groups attached to an aromatic ring is 1. The Labute approximate surface area is 162 Å². The van der Waals surface area contributed by atoms with E-state index in [2.05, 4.69) is 17.1 Å². The zero-order chi connectivity index (χ0) is 18.8. The van der Waals surface area contributed by atoms with Gasteiger partial charge in [-0.2, -0.15) is 5.10 Å². The fourth-order valence-electron chi connectivity index (χ4n) is 3.69. The van der Waals surface area contributed by atoms with Crippen molar-refractivity contribution in [2.45, 2.75) is 25.7 Å². The summed E-state index contributed by atoms with van der Waals surface area (Å²) in [6.45, 7) is 1.47. The number of rotatable bonds is 4. The lowest BCUT2D eigenvalue weighted by Gasteiger charge is -2.20. The highest BCUT2D eigenvalue weighted by molar-refractivity contribution is 7.13. The number of anilines is 1. The third-order valence-corrected chi connectivity index (χ3v) is 5.81. The summed E-state index contributed by atoms with van der Waals surface area (Å²) in [6.07, 6.45) is 2.79. The number of hydrogen-bond donors (Lipinski definition) is 1. The van der Waals surface area contributed by atoms with Gasteiger partial charge in [0.05, 0.1) is 11.4 Å². The molecule has 7 heteroatoms. The number of nitrogens with two attached hydrogens (primary N) is 1. The molecule has 1 aromatic carbocycles. The molecule has 1 aliphatic rings. The quantitative estimate of drug-likeness (QED) is 0.754. The molecule has 2 N–H and O–H groups in total. The number of fused-ring (bicyclic) bond motifs is 1. The van der Waals surface area contributed by atoms with E-state index < -0.39 is 0 Å². The number of benzene rings is 1. The van der Waals surface area contributed by atoms with Crippen molar-refractivity contribution in [3.8, 4) is 11.3 Å². The molecule has 0 spiro atoms. The van der Waals surface area contributed by atoms with Gasteiger partial charge in [-0.3, -0.25) is 9.48 Å². The van der Waals surface area contributed by atoms with E-state index in [1.165, 1.54) is 22.6 Å². The molecule has 0 unspecified atom stereocenters. The van der Waals surface area contributed by atoms with E-state index in [0.717, 1.165) is 42.9 Å². The molecule has 2 aromatic heterocycles. The van der Waals surface area contributed by atoms with E-state index in [4.69, 9.17) is 10.8 Å². The molecule has 0 bridgehead atoms. The van der Waals surface area contributed by atoms with Crippen molar-refractivity contribution in [1.82, 2.24) is 19.7 Å². The monoisotopic (exact) mass is 381 g/mol. The number of carbonyl (C=O) groups is 1. The van der Waals surface area contributed by atoms with Crippen LogP contribution in [0.5, 0.6) is 0 Å². The van der Waals surface area contributed by atoms with Gasteiger partial charge in [0, 0.05) is 55.2 Å². The molecule has 0 atom stereocenters. The van der Waals surface area contributed by atoms with E-state index in [9.17, 15) is 4.79 Å². The minimum Gasteiger partial charge on any atom is -0.375 e. The van der Waals surface area contributed by atoms with E-state index in [-0.39, 0.29) is 5.91 Å². The van der Waals surface area contributed by atoms with Crippen LogP contribution in [0.1, 0.15) is 23.4 Å². The topological polar surface area (TPSA) is 77.0 Å². The lowest BCUT2D eigenvalue weighted by molar-refractivity contribution is -0.131. The van der Waals surface area contributed by atoms with Crippen molar-refractivity contribution in [1.29, 1.82) is 0 Å². The lowest BCUT2D eigenvalue weighted by Crippen LogP contribution is -2.33. The highest BCUT2D eigenvalue weighted by Gasteiger charge is 2.24. The summed E-state index contributed by atoms with van der Waals surface area (Å²) in [5.41, 5.74) is 11.2. The maximum Gasteiger partial charge on any atom is 0.222 e. The zero-order valence-corrected chi connectivity index (χ0v) is 16.2. The minimum absolute atomic E-state index is 0.184. The van der Waals surface area contributed by atoms with Crippen molar-refractivity contribution in [2.75, 3.05) is 18.8 Å². The van der Waals surface area contributed by atoms with Crippen LogP contribution in [-0.2, 0) is 31.1 Å². The predicted molar refractivity (Wildman–Crippen MR) is 107 cm³/mol. The standard InChI is InChI=1S/C20H23N5OS/c1-24-17-10-12-25(18(26)8-7-15-13-27-20(21)22-15)11-9-16(17)19(23-24)14-5-3-2-4-6-14/h2-6,13H,7-12H2,1H3,(H2,21,22). The largest absolute Gasteiger partial charge is 0.375 e. The summed E-state index contributed by atoms with van der Waals surface area (Å²) < 4.78 is 1.98. The molecule has 0 radical (unpaired) electrons. The number of carbonyl (C=O) groups excluding carboxylic acids is 1. The molecular weight excluding hydrogens is 358 g/mol. The van der Waals surface area contributed by atoms with Crippen LogP contribution in [0.25, 0.3) is 11.3 Å². The number of nitrogens with zero attached hydrogens (tertiary/aromatic N) is 4. The Kier molecular flexibility index (Phi) is 4.94. The molecule has 3 aromatic rings. The SMILES string of the molecule is Cn1nc(-c2ccccc2)c2c1CCN(C(=O)CCc1csc(N)n1)CC2. The van der Waals surface area contributed by atoms with Crippen LogP contribution < -0.4 is 5.73 Å². The molecular formula is C20H23N5OS. The second-order valence-electron chi connectivity index (χ2n) is 6.82. The molecule has 1 aliphatic heterocycles. The van der Waals surface area contributed by atoms with Crippen molar-refractivity contribution >= 4 is 22.4 Å². The van der Waals surface area contributed by atoms with E-state index in [1.807, 2.05) is 40.2 Å². The third kappa shape index (κ3) is 3.73. The first kappa shape index (κ1) is 17.7. The van der Waals surface area contributed by atoms with Crippen LogP contribution in [0, 0.1) is 0 Å². The Balaban J connectivity index is 1.46. The highest BCUT2D eigenvalue weighted by atomic mass is 32.1. The van der Waals surface area contributed by atoms with Gasteiger partial charge in [0.2, 0.25) is 5.91 Å². The molecule has 0 fully saturated rings. The van der Waals surface area contributed by atoms with Gasteiger partial charge in [-0.15, -0.1) is 11.3 Å². The van der Waals surface area contributed by atoms with Crippen LogP contribution in [0.3, 0.4) is 0 Å². The number of aryl methyl sites for hydroxylation is 2. The Bertz CT molecular complexity index is 947. The molecule has 0 saturated carbocycles. The minimum atomic E-state index is 0.184. The van der Waals surface area contributed by atoms with E-state index >= 15 is 0 Å². The van der Waals surface area contributed by atoms with Gasteiger partial charge in [0.1, 0.15) is 0 Å². The summed E-state index contributed by atoms with van der Waals surface area (Å²) in [5, 5.41) is 7.23. The predicted octanol–water partition coefficient (Wildman–Crippen LogP) is 2.69. The molecule has 1 amide bonds. The molecule has 4 rings (SSSR count).